The van der Waals surface area contributed by atoms with Crippen molar-refractivity contribution in [3.05, 3.63) is 35.8 Å². The third kappa shape index (κ3) is 4.34. The monoisotopic (exact) mass is 362 g/mol. The molecular formula is C19H27FN4O2. The highest BCUT2D eigenvalue weighted by molar-refractivity contribution is 5.83. The Morgan fingerprint density at radius 2 is 2.31 bits per heavy atom. The Kier molecular flexibility index (Phi) is 6.11. The number of ether oxygens (including phenoxy) is 1. The molecule has 7 heteroatoms. The summed E-state index contributed by atoms with van der Waals surface area (Å²) < 4.78 is 18.8. The van der Waals surface area contributed by atoms with Crippen molar-refractivity contribution in [1.82, 2.24) is 15.6 Å². The first kappa shape index (κ1) is 18.7. The molecule has 3 rings (SSSR count). The number of nitrogens with zero attached hydrogens (tertiary/aromatic N) is 1. The van der Waals surface area contributed by atoms with Crippen molar-refractivity contribution in [3.8, 4) is 0 Å². The maximum absolute atomic E-state index is 13.3. The minimum atomic E-state index is -0.235. The van der Waals surface area contributed by atoms with Crippen molar-refractivity contribution < 1.29 is 14.2 Å². The third-order valence-corrected chi connectivity index (χ3v) is 5.10. The lowest BCUT2D eigenvalue weighted by molar-refractivity contribution is 0.127. The van der Waals surface area contributed by atoms with Gasteiger partial charge in [-0.05, 0) is 43.0 Å². The van der Waals surface area contributed by atoms with Crippen molar-refractivity contribution in [3.63, 3.8) is 0 Å². The molecular weight excluding hydrogens is 335 g/mol. The van der Waals surface area contributed by atoms with Crippen LogP contribution >= 0.6 is 0 Å². The van der Waals surface area contributed by atoms with Crippen LogP contribution in [0.15, 0.2) is 29.4 Å². The Bertz CT molecular complexity index is 753. The molecule has 2 heterocycles. The van der Waals surface area contributed by atoms with Crippen molar-refractivity contribution in [2.24, 2.45) is 10.4 Å². The first-order valence-electron chi connectivity index (χ1n) is 9.04. The van der Waals surface area contributed by atoms with E-state index in [9.17, 15) is 9.50 Å². The number of rotatable bonds is 7. The zero-order valence-electron chi connectivity index (χ0n) is 15.1. The summed E-state index contributed by atoms with van der Waals surface area (Å²) in [6.45, 7) is 3.02. The number of halogens is 1. The zero-order valence-corrected chi connectivity index (χ0v) is 15.1. The van der Waals surface area contributed by atoms with E-state index in [4.69, 9.17) is 4.74 Å². The second kappa shape index (κ2) is 8.51. The smallest absolute Gasteiger partial charge is 0.191 e. The molecule has 1 saturated heterocycles. The number of aliphatic hydroxyl groups excluding tert-OH is 1. The van der Waals surface area contributed by atoms with E-state index in [2.05, 4.69) is 20.6 Å². The molecule has 0 radical (unpaired) electrons. The third-order valence-electron chi connectivity index (χ3n) is 5.10. The lowest BCUT2D eigenvalue weighted by Crippen LogP contribution is -2.45. The van der Waals surface area contributed by atoms with Crippen molar-refractivity contribution >= 4 is 16.9 Å². The van der Waals surface area contributed by atoms with Gasteiger partial charge >= 0.3 is 0 Å². The fourth-order valence-electron chi connectivity index (χ4n) is 3.48. The number of hydrogen-bond donors (Lipinski definition) is 4. The molecule has 0 amide bonds. The number of nitrogens with one attached hydrogen (secondary N) is 3. The van der Waals surface area contributed by atoms with Gasteiger partial charge in [-0.25, -0.2) is 4.39 Å². The molecule has 1 unspecified atom stereocenters. The standard InChI is InChI=1S/C19H27FN4O2/c1-21-18(24-12-19(5-8-25)6-9-26-13-19)22-7-4-14-11-23-17-10-15(20)2-3-16(14)17/h2-3,10-11,23,25H,4-9,12-13H2,1H3,(H2,21,22,24). The summed E-state index contributed by atoms with van der Waals surface area (Å²) in [7, 11) is 1.74. The Balaban J connectivity index is 1.51. The van der Waals surface area contributed by atoms with E-state index in [1.54, 1.807) is 7.05 Å². The number of aromatic amines is 1. The highest BCUT2D eigenvalue weighted by atomic mass is 19.1. The fourth-order valence-corrected chi connectivity index (χ4v) is 3.48. The molecule has 1 fully saturated rings. The van der Waals surface area contributed by atoms with Gasteiger partial charge in [0.2, 0.25) is 0 Å². The summed E-state index contributed by atoms with van der Waals surface area (Å²) in [5, 5.41) is 17.0. The predicted molar refractivity (Wildman–Crippen MR) is 101 cm³/mol. The molecule has 0 aliphatic carbocycles. The number of fused-ring (bicyclic) bond motifs is 1. The lowest BCUT2D eigenvalue weighted by Gasteiger charge is -2.27. The van der Waals surface area contributed by atoms with Crippen LogP contribution in [0.2, 0.25) is 0 Å². The van der Waals surface area contributed by atoms with Gasteiger partial charge in [-0.2, -0.15) is 0 Å². The van der Waals surface area contributed by atoms with Gasteiger partial charge in [-0.15, -0.1) is 0 Å². The maximum atomic E-state index is 13.3. The lowest BCUT2D eigenvalue weighted by atomic mass is 9.84. The summed E-state index contributed by atoms with van der Waals surface area (Å²) in [5.41, 5.74) is 1.94. The van der Waals surface area contributed by atoms with E-state index in [-0.39, 0.29) is 17.8 Å². The predicted octanol–water partition coefficient (Wildman–Crippen LogP) is 1.80. The maximum Gasteiger partial charge on any atom is 0.191 e. The number of aromatic nitrogens is 1. The average molecular weight is 362 g/mol. The molecule has 0 spiro atoms. The number of H-pyrrole nitrogens is 1. The summed E-state index contributed by atoms with van der Waals surface area (Å²) in [6, 6.07) is 4.80. The molecule has 1 aromatic heterocycles. The van der Waals surface area contributed by atoms with E-state index in [1.807, 2.05) is 12.3 Å². The molecule has 1 aliphatic rings. The van der Waals surface area contributed by atoms with Crippen LogP contribution in [0.4, 0.5) is 4.39 Å². The first-order valence-corrected chi connectivity index (χ1v) is 9.04. The minimum absolute atomic E-state index is 0.0206. The van der Waals surface area contributed by atoms with E-state index < -0.39 is 0 Å². The minimum Gasteiger partial charge on any atom is -0.396 e. The van der Waals surface area contributed by atoms with Gasteiger partial charge in [-0.3, -0.25) is 4.99 Å². The second-order valence-corrected chi connectivity index (χ2v) is 6.88. The fraction of sp³-hybridized carbons (Fsp3) is 0.526. The van der Waals surface area contributed by atoms with Crippen LogP contribution in [0.5, 0.6) is 0 Å². The normalized spacial score (nSPS) is 20.7. The number of aliphatic imine (C=N–C) groups is 1. The molecule has 2 aromatic rings. The molecule has 26 heavy (non-hydrogen) atoms. The van der Waals surface area contributed by atoms with Gasteiger partial charge < -0.3 is 25.5 Å². The zero-order chi connectivity index (χ0) is 18.4. The summed E-state index contributed by atoms with van der Waals surface area (Å²) in [4.78, 5) is 7.38. The van der Waals surface area contributed by atoms with Gasteiger partial charge in [0.15, 0.2) is 5.96 Å². The number of aliphatic hydroxyl groups is 1. The summed E-state index contributed by atoms with van der Waals surface area (Å²) in [5.74, 6) is 0.501. The topological polar surface area (TPSA) is 81.7 Å². The Morgan fingerprint density at radius 1 is 1.42 bits per heavy atom. The van der Waals surface area contributed by atoms with Crippen molar-refractivity contribution in [2.45, 2.75) is 19.3 Å². The first-order chi connectivity index (χ1) is 12.7. The van der Waals surface area contributed by atoms with Gasteiger partial charge in [-0.1, -0.05) is 0 Å². The van der Waals surface area contributed by atoms with Crippen molar-refractivity contribution in [1.29, 1.82) is 0 Å². The average Bonchev–Trinajstić information content (AvgIpc) is 3.25. The summed E-state index contributed by atoms with van der Waals surface area (Å²) >= 11 is 0. The Morgan fingerprint density at radius 3 is 3.04 bits per heavy atom. The molecule has 4 N–H and O–H groups in total. The Hall–Kier alpha value is -2.12. The quantitative estimate of drug-likeness (QED) is 0.447. The van der Waals surface area contributed by atoms with Gasteiger partial charge in [0, 0.05) is 55.9 Å². The molecule has 0 saturated carbocycles. The number of hydrogen-bond acceptors (Lipinski definition) is 3. The molecule has 1 aliphatic heterocycles. The largest absolute Gasteiger partial charge is 0.396 e. The van der Waals surface area contributed by atoms with E-state index in [0.717, 1.165) is 54.8 Å². The number of guanidine groups is 1. The van der Waals surface area contributed by atoms with Crippen LogP contribution in [0.25, 0.3) is 10.9 Å². The Labute approximate surface area is 152 Å². The molecule has 6 nitrogen and oxygen atoms in total. The van der Waals surface area contributed by atoms with Crippen LogP contribution in [-0.2, 0) is 11.2 Å². The van der Waals surface area contributed by atoms with E-state index >= 15 is 0 Å². The van der Waals surface area contributed by atoms with E-state index in [1.165, 1.54) is 12.1 Å². The highest BCUT2D eigenvalue weighted by Gasteiger charge is 2.34. The molecule has 142 valence electrons. The van der Waals surface area contributed by atoms with Crippen LogP contribution in [0, 0.1) is 11.2 Å². The van der Waals surface area contributed by atoms with Crippen molar-refractivity contribution in [2.75, 3.05) is 40.0 Å². The van der Waals surface area contributed by atoms with Crippen LogP contribution in [-0.4, -0.2) is 56.0 Å². The van der Waals surface area contributed by atoms with Crippen LogP contribution in [0.3, 0.4) is 0 Å². The van der Waals surface area contributed by atoms with E-state index in [0.29, 0.717) is 13.2 Å². The van der Waals surface area contributed by atoms with Crippen LogP contribution in [0.1, 0.15) is 18.4 Å². The van der Waals surface area contributed by atoms with Gasteiger partial charge in [0.05, 0.1) is 6.61 Å². The highest BCUT2D eigenvalue weighted by Crippen LogP contribution is 2.31. The number of benzene rings is 1. The molecule has 1 atom stereocenters. The van der Waals surface area contributed by atoms with Gasteiger partial charge in [0.1, 0.15) is 5.82 Å². The molecule has 0 bridgehead atoms. The molecule has 1 aromatic carbocycles. The summed E-state index contributed by atoms with van der Waals surface area (Å²) in [6.07, 6.45) is 4.40. The van der Waals surface area contributed by atoms with Crippen LogP contribution < -0.4 is 10.6 Å². The van der Waals surface area contributed by atoms with Gasteiger partial charge in [0.25, 0.3) is 0 Å². The second-order valence-electron chi connectivity index (χ2n) is 6.88. The SMILES string of the molecule is CN=C(NCCc1c[nH]c2cc(F)ccc12)NCC1(CCO)CCOC1.